The Labute approximate surface area is 154 Å². The average molecular weight is 432 g/mol. The van der Waals surface area contributed by atoms with Crippen LogP contribution >= 0.6 is 27.7 Å². The van der Waals surface area contributed by atoms with Crippen LogP contribution in [-0.4, -0.2) is 29.3 Å². The molecular formula is C16H12BrF2NO4S. The minimum Gasteiger partial charge on any atom is -0.507 e. The van der Waals surface area contributed by atoms with Gasteiger partial charge in [-0.1, -0.05) is 27.7 Å². The van der Waals surface area contributed by atoms with Crippen LogP contribution in [0.1, 0.15) is 10.4 Å². The Morgan fingerprint density at radius 1 is 1.20 bits per heavy atom. The molecule has 132 valence electrons. The van der Waals surface area contributed by atoms with Gasteiger partial charge in [0.1, 0.15) is 11.3 Å². The molecule has 2 aromatic rings. The standard InChI is InChI=1S/C16H12BrF2NO4S/c17-9-1-6-13(21)12(7-9)15(23)24-8-14(22)20-10-2-4-11(5-3-10)25-16(18)19/h1-7,16,21H,8H2,(H,20,22). The minimum atomic E-state index is -2.52. The fraction of sp³-hybridized carbons (Fsp3) is 0.125. The Hall–Kier alpha value is -2.13. The summed E-state index contributed by atoms with van der Waals surface area (Å²) in [4.78, 5) is 24.0. The van der Waals surface area contributed by atoms with Gasteiger partial charge in [0, 0.05) is 15.1 Å². The predicted octanol–water partition coefficient (Wildman–Crippen LogP) is 4.26. The maximum Gasteiger partial charge on any atom is 0.342 e. The van der Waals surface area contributed by atoms with Gasteiger partial charge in [-0.15, -0.1) is 0 Å². The van der Waals surface area contributed by atoms with Crippen LogP contribution in [0.3, 0.4) is 0 Å². The SMILES string of the molecule is O=C(COC(=O)c1cc(Br)ccc1O)Nc1ccc(SC(F)F)cc1. The second kappa shape index (κ2) is 8.82. The zero-order chi connectivity index (χ0) is 18.4. The van der Waals surface area contributed by atoms with Crippen LogP contribution in [-0.2, 0) is 9.53 Å². The number of thioether (sulfide) groups is 1. The molecule has 0 aliphatic carbocycles. The van der Waals surface area contributed by atoms with Crippen molar-refractivity contribution in [3.05, 3.63) is 52.5 Å². The van der Waals surface area contributed by atoms with E-state index in [-0.39, 0.29) is 11.3 Å². The molecule has 0 saturated heterocycles. The monoisotopic (exact) mass is 431 g/mol. The van der Waals surface area contributed by atoms with Crippen molar-refractivity contribution in [2.75, 3.05) is 11.9 Å². The van der Waals surface area contributed by atoms with Crippen LogP contribution in [0, 0.1) is 0 Å². The van der Waals surface area contributed by atoms with Gasteiger partial charge in [-0.05, 0) is 42.5 Å². The maximum atomic E-state index is 12.2. The molecule has 0 unspecified atom stereocenters. The minimum absolute atomic E-state index is 0.0736. The van der Waals surface area contributed by atoms with Crippen LogP contribution in [0.2, 0.25) is 0 Å². The second-order valence-electron chi connectivity index (χ2n) is 4.69. The number of rotatable bonds is 6. The summed E-state index contributed by atoms with van der Waals surface area (Å²) in [7, 11) is 0. The summed E-state index contributed by atoms with van der Waals surface area (Å²) in [5.74, 6) is -4.23. The van der Waals surface area contributed by atoms with E-state index < -0.39 is 24.2 Å². The van der Waals surface area contributed by atoms with Crippen LogP contribution in [0.25, 0.3) is 0 Å². The lowest BCUT2D eigenvalue weighted by Crippen LogP contribution is -2.21. The third-order valence-electron chi connectivity index (χ3n) is 2.88. The molecule has 0 atom stereocenters. The Morgan fingerprint density at radius 3 is 2.52 bits per heavy atom. The molecule has 25 heavy (non-hydrogen) atoms. The van der Waals surface area contributed by atoms with Gasteiger partial charge in [0.2, 0.25) is 0 Å². The first-order chi connectivity index (χ1) is 11.8. The molecule has 9 heteroatoms. The number of alkyl halides is 2. The molecule has 0 aliphatic heterocycles. The van der Waals surface area contributed by atoms with Crippen molar-refractivity contribution in [3.63, 3.8) is 0 Å². The van der Waals surface area contributed by atoms with E-state index in [1.54, 1.807) is 6.07 Å². The van der Waals surface area contributed by atoms with E-state index >= 15 is 0 Å². The Morgan fingerprint density at radius 2 is 1.88 bits per heavy atom. The number of hydrogen-bond donors (Lipinski definition) is 2. The van der Waals surface area contributed by atoms with E-state index in [2.05, 4.69) is 21.2 Å². The number of benzene rings is 2. The van der Waals surface area contributed by atoms with Crippen molar-refractivity contribution in [1.29, 1.82) is 0 Å². The molecule has 0 spiro atoms. The first-order valence-corrected chi connectivity index (χ1v) is 8.53. The number of aromatic hydroxyl groups is 1. The lowest BCUT2D eigenvalue weighted by Gasteiger charge is -2.08. The van der Waals surface area contributed by atoms with Gasteiger partial charge >= 0.3 is 5.97 Å². The Balaban J connectivity index is 1.88. The first-order valence-electron chi connectivity index (χ1n) is 6.85. The number of esters is 1. The van der Waals surface area contributed by atoms with Gasteiger partial charge in [-0.3, -0.25) is 4.79 Å². The van der Waals surface area contributed by atoms with Crippen LogP contribution in [0.15, 0.2) is 51.8 Å². The fourth-order valence-corrected chi connectivity index (χ4v) is 2.66. The van der Waals surface area contributed by atoms with Crippen LogP contribution in [0.5, 0.6) is 5.75 Å². The quantitative estimate of drug-likeness (QED) is 0.527. The number of phenolic OH excluding ortho intramolecular Hbond substituents is 1. The molecule has 0 aliphatic rings. The molecule has 0 saturated carbocycles. The van der Waals surface area contributed by atoms with Crippen molar-refractivity contribution in [2.45, 2.75) is 10.7 Å². The fourth-order valence-electron chi connectivity index (χ4n) is 1.80. The summed E-state index contributed by atoms with van der Waals surface area (Å²) in [6.45, 7) is -0.557. The number of ether oxygens (including phenoxy) is 1. The Bertz CT molecular complexity index is 771. The summed E-state index contributed by atoms with van der Waals surface area (Å²) < 4.78 is 29.9. The van der Waals surface area contributed by atoms with Gasteiger partial charge in [-0.25, -0.2) is 4.79 Å². The van der Waals surface area contributed by atoms with E-state index in [1.807, 2.05) is 0 Å². The molecule has 0 bridgehead atoms. The molecule has 0 heterocycles. The Kier molecular flexibility index (Phi) is 6.77. The number of carbonyl (C=O) groups is 2. The summed E-state index contributed by atoms with van der Waals surface area (Å²) >= 11 is 3.56. The predicted molar refractivity (Wildman–Crippen MR) is 93.0 cm³/mol. The number of carbonyl (C=O) groups excluding carboxylic acids is 2. The normalized spacial score (nSPS) is 10.6. The van der Waals surface area contributed by atoms with E-state index in [9.17, 15) is 23.5 Å². The summed E-state index contributed by atoms with van der Waals surface area (Å²) in [6.07, 6.45) is 0. The van der Waals surface area contributed by atoms with Gasteiger partial charge < -0.3 is 15.2 Å². The van der Waals surface area contributed by atoms with Crippen molar-refractivity contribution in [2.24, 2.45) is 0 Å². The third kappa shape index (κ3) is 6.02. The van der Waals surface area contributed by atoms with Gasteiger partial charge in [0.05, 0.1) is 0 Å². The first kappa shape index (κ1) is 19.2. The molecule has 0 radical (unpaired) electrons. The second-order valence-corrected chi connectivity index (χ2v) is 6.67. The largest absolute Gasteiger partial charge is 0.507 e. The molecule has 0 aromatic heterocycles. The highest BCUT2D eigenvalue weighted by Gasteiger charge is 2.15. The van der Waals surface area contributed by atoms with Crippen LogP contribution in [0.4, 0.5) is 14.5 Å². The van der Waals surface area contributed by atoms with Gasteiger partial charge in [0.15, 0.2) is 6.61 Å². The lowest BCUT2D eigenvalue weighted by atomic mass is 10.2. The number of hydrogen-bond acceptors (Lipinski definition) is 5. The van der Waals surface area contributed by atoms with Crippen molar-refractivity contribution < 1.29 is 28.2 Å². The van der Waals surface area contributed by atoms with Crippen molar-refractivity contribution >= 4 is 45.3 Å². The van der Waals surface area contributed by atoms with Gasteiger partial charge in [0.25, 0.3) is 11.7 Å². The maximum absolute atomic E-state index is 12.2. The highest BCUT2D eigenvalue weighted by Crippen LogP contribution is 2.26. The number of anilines is 1. The highest BCUT2D eigenvalue weighted by atomic mass is 79.9. The van der Waals surface area contributed by atoms with Crippen molar-refractivity contribution in [3.8, 4) is 5.75 Å². The molecule has 1 amide bonds. The molecule has 5 nitrogen and oxygen atoms in total. The number of nitrogens with one attached hydrogen (secondary N) is 1. The number of amides is 1. The zero-order valence-electron chi connectivity index (χ0n) is 12.5. The average Bonchev–Trinajstić information content (AvgIpc) is 2.56. The highest BCUT2D eigenvalue weighted by molar-refractivity contribution is 9.10. The summed E-state index contributed by atoms with van der Waals surface area (Å²) in [6, 6.07) is 10.1. The van der Waals surface area contributed by atoms with E-state index in [0.717, 1.165) is 0 Å². The van der Waals surface area contributed by atoms with E-state index in [4.69, 9.17) is 4.74 Å². The lowest BCUT2D eigenvalue weighted by molar-refractivity contribution is -0.119. The molecule has 2 N–H and O–H groups in total. The topological polar surface area (TPSA) is 75.6 Å². The smallest absolute Gasteiger partial charge is 0.342 e. The van der Waals surface area contributed by atoms with E-state index in [0.29, 0.717) is 26.8 Å². The third-order valence-corrected chi connectivity index (χ3v) is 4.09. The van der Waals surface area contributed by atoms with Crippen molar-refractivity contribution in [1.82, 2.24) is 0 Å². The summed E-state index contributed by atoms with van der Waals surface area (Å²) in [5, 5.41) is 12.1. The zero-order valence-corrected chi connectivity index (χ0v) is 14.9. The summed E-state index contributed by atoms with van der Waals surface area (Å²) in [5.41, 5.74) is 0.306. The number of halogens is 3. The molecular weight excluding hydrogens is 420 g/mol. The van der Waals surface area contributed by atoms with E-state index in [1.165, 1.54) is 36.4 Å². The van der Waals surface area contributed by atoms with Crippen LogP contribution < -0.4 is 5.32 Å². The molecule has 2 aromatic carbocycles. The number of phenols is 1. The van der Waals surface area contributed by atoms with Gasteiger partial charge in [-0.2, -0.15) is 8.78 Å². The molecule has 2 rings (SSSR count). The molecule has 0 fully saturated rings.